The van der Waals surface area contributed by atoms with Crippen molar-refractivity contribution in [3.05, 3.63) is 42.7 Å². The van der Waals surface area contributed by atoms with Crippen LogP contribution in [0.2, 0.25) is 0 Å². The van der Waals surface area contributed by atoms with E-state index in [1.165, 1.54) is 36.8 Å². The molecule has 6 radical (unpaired) electrons. The highest BCUT2D eigenvalue weighted by Gasteiger charge is 2.50. The molecule has 1 N–H and O–H groups in total. The maximum absolute atomic E-state index is 10.7. The summed E-state index contributed by atoms with van der Waals surface area (Å²) < 4.78 is 1.27. The Hall–Kier alpha value is -2.70. The molecule has 0 saturated heterocycles. The molecule has 3 aromatic rings. The predicted molar refractivity (Wildman–Crippen MR) is 137 cm³/mol. The maximum atomic E-state index is 10.7. The van der Waals surface area contributed by atoms with Gasteiger partial charge >= 0.3 is 0 Å². The molecule has 2 bridgehead atoms. The molecule has 6 nitrogen and oxygen atoms in total. The van der Waals surface area contributed by atoms with Crippen LogP contribution in [0.25, 0.3) is 22.4 Å². The highest BCUT2D eigenvalue weighted by Crippen LogP contribution is 2.58. The first-order chi connectivity index (χ1) is 15.9. The van der Waals surface area contributed by atoms with Gasteiger partial charge in [-0.2, -0.15) is 5.10 Å². The number of fused-ring (bicyclic) bond motifs is 2. The lowest BCUT2D eigenvalue weighted by atomic mass is 9.49. The van der Waals surface area contributed by atoms with E-state index in [2.05, 4.69) is 41.1 Å². The third kappa shape index (κ3) is 4.25. The van der Waals surface area contributed by atoms with Gasteiger partial charge < -0.3 is 10.0 Å². The first-order valence-electron chi connectivity index (χ1n) is 11.8. The quantitative estimate of drug-likeness (QED) is 0.607. The smallest absolute Gasteiger partial charge is 0.151 e. The van der Waals surface area contributed by atoms with E-state index in [1.807, 2.05) is 24.3 Å². The van der Waals surface area contributed by atoms with Gasteiger partial charge in [-0.15, -0.1) is 10.2 Å². The van der Waals surface area contributed by atoms with Crippen molar-refractivity contribution in [2.45, 2.75) is 57.2 Å². The molecule has 2 aliphatic rings. The highest BCUT2D eigenvalue weighted by atomic mass is 16.3. The Bertz CT molecular complexity index is 1190. The van der Waals surface area contributed by atoms with Gasteiger partial charge in [0.15, 0.2) is 5.82 Å². The van der Waals surface area contributed by atoms with Gasteiger partial charge in [-0.05, 0) is 78.0 Å². The van der Waals surface area contributed by atoms with Crippen molar-refractivity contribution in [3.63, 3.8) is 0 Å². The van der Waals surface area contributed by atoms with E-state index in [-0.39, 0.29) is 5.75 Å². The summed E-state index contributed by atoms with van der Waals surface area (Å²) in [5, 5.41) is 22.1. The topological polar surface area (TPSA) is 67.1 Å². The van der Waals surface area contributed by atoms with E-state index >= 15 is 0 Å². The molecule has 0 aliphatic heterocycles. The summed E-state index contributed by atoms with van der Waals surface area (Å²) in [4.78, 5) is 2.28. The van der Waals surface area contributed by atoms with Gasteiger partial charge in [0.25, 0.3) is 0 Å². The van der Waals surface area contributed by atoms with Gasteiger partial charge in [0.1, 0.15) is 5.75 Å². The van der Waals surface area contributed by atoms with Crippen molar-refractivity contribution in [2.75, 3.05) is 11.9 Å². The van der Waals surface area contributed by atoms with Crippen molar-refractivity contribution in [1.29, 1.82) is 0 Å². The number of nitrogens with zero attached hydrogens (tertiary/aromatic N) is 5. The van der Waals surface area contributed by atoms with E-state index in [4.69, 9.17) is 23.5 Å². The van der Waals surface area contributed by atoms with E-state index < -0.39 is 5.24 Å². The van der Waals surface area contributed by atoms with Crippen LogP contribution < -0.4 is 4.90 Å². The molecule has 0 spiro atoms. The normalized spacial score (nSPS) is 26.5. The van der Waals surface area contributed by atoms with Crippen LogP contribution >= 0.6 is 0 Å². The fourth-order valence-corrected chi connectivity index (χ4v) is 6.10. The maximum Gasteiger partial charge on any atom is 0.151 e. The Kier molecular flexibility index (Phi) is 5.38. The van der Waals surface area contributed by atoms with Gasteiger partial charge in [-0.3, -0.25) is 4.68 Å². The number of rotatable bonds is 5. The third-order valence-corrected chi connectivity index (χ3v) is 7.79. The van der Waals surface area contributed by atoms with Crippen molar-refractivity contribution >= 4 is 29.4 Å². The number of benzene rings is 1. The number of anilines is 1. The molecular formula is C25H28B3N5O. The zero-order valence-corrected chi connectivity index (χ0v) is 20.1. The minimum Gasteiger partial charge on any atom is -0.507 e. The summed E-state index contributed by atoms with van der Waals surface area (Å²) >= 11 is 0. The lowest BCUT2D eigenvalue weighted by Crippen LogP contribution is -2.42. The Morgan fingerprint density at radius 1 is 1.03 bits per heavy atom. The van der Waals surface area contributed by atoms with Crippen LogP contribution in [0.5, 0.6) is 5.75 Å². The van der Waals surface area contributed by atoms with Crippen molar-refractivity contribution < 1.29 is 5.11 Å². The molecule has 2 saturated carbocycles. The molecule has 0 amide bonds. The van der Waals surface area contributed by atoms with Crippen LogP contribution in [0.1, 0.15) is 46.0 Å². The molecule has 9 heteroatoms. The number of hydrogen-bond acceptors (Lipinski definition) is 5. The number of aromatic nitrogens is 4. The molecule has 1 unspecified atom stereocenters. The third-order valence-electron chi connectivity index (χ3n) is 7.79. The standard InChI is InChI=1S/C25H28B3N5O/c1-23-8-9-24(2,15-23)12-18(11-23)32(3)22-7-6-20(30-31-22)19-5-4-16(10-21(19)34)17-13-29-33(14-17)25(26,27)28/h4-7,10,13-14,18,34H,8-9,11-12,15H2,1-3H3/t18?,23-,24+. The second-order valence-electron chi connectivity index (χ2n) is 11.0. The van der Waals surface area contributed by atoms with E-state index in [0.29, 0.717) is 28.1 Å². The summed E-state index contributed by atoms with van der Waals surface area (Å²) in [7, 11) is 19.2. The minimum absolute atomic E-state index is 0.102. The van der Waals surface area contributed by atoms with E-state index in [9.17, 15) is 5.11 Å². The summed E-state index contributed by atoms with van der Waals surface area (Å²) in [5.74, 6) is 0.962. The zero-order chi connectivity index (χ0) is 24.3. The Balaban J connectivity index is 1.34. The minimum atomic E-state index is -1.59. The van der Waals surface area contributed by atoms with Gasteiger partial charge in [0.05, 0.1) is 35.4 Å². The summed E-state index contributed by atoms with van der Waals surface area (Å²) in [6.45, 7) is 4.87. The number of aromatic hydroxyl groups is 1. The van der Waals surface area contributed by atoms with Gasteiger partial charge in [-0.1, -0.05) is 19.9 Å². The van der Waals surface area contributed by atoms with E-state index in [0.717, 1.165) is 16.9 Å². The largest absolute Gasteiger partial charge is 0.507 e. The van der Waals surface area contributed by atoms with E-state index in [1.54, 1.807) is 18.5 Å². The van der Waals surface area contributed by atoms with Crippen LogP contribution in [0.3, 0.4) is 0 Å². The summed E-state index contributed by atoms with van der Waals surface area (Å²) in [5.41, 5.74) is 3.59. The van der Waals surface area contributed by atoms with Crippen molar-refractivity contribution in [3.8, 4) is 28.1 Å². The summed E-state index contributed by atoms with van der Waals surface area (Å²) in [6, 6.07) is 9.72. The monoisotopic (exact) mass is 447 g/mol. The SMILES string of the molecule is [B]C([B])([B])n1cc(-c2ccc(-c3ccc(N(C)C4C[C@]5(C)CC[C@](C)(C4)C5)nn3)c(O)c2)cn1. The highest BCUT2D eigenvalue weighted by molar-refractivity contribution is 6.56. The molecule has 5 rings (SSSR count). The Morgan fingerprint density at radius 2 is 1.74 bits per heavy atom. The van der Waals surface area contributed by atoms with Gasteiger partial charge in [0, 0.05) is 30.4 Å². The first kappa shape index (κ1) is 23.1. The molecular weight excluding hydrogens is 419 g/mol. The number of hydrogen-bond donors (Lipinski definition) is 1. The first-order valence-corrected chi connectivity index (χ1v) is 11.8. The van der Waals surface area contributed by atoms with Gasteiger partial charge in [-0.25, -0.2) is 0 Å². The fraction of sp³-hybridized carbons (Fsp3) is 0.480. The zero-order valence-electron chi connectivity index (χ0n) is 20.1. The Morgan fingerprint density at radius 3 is 2.29 bits per heavy atom. The van der Waals surface area contributed by atoms with Crippen LogP contribution in [0.4, 0.5) is 5.82 Å². The second kappa shape index (κ2) is 7.93. The molecule has 34 heavy (non-hydrogen) atoms. The fourth-order valence-electron chi connectivity index (χ4n) is 6.10. The Labute approximate surface area is 205 Å². The average Bonchev–Trinajstić information content (AvgIpc) is 3.36. The molecule has 3 atom stereocenters. The average molecular weight is 447 g/mol. The molecule has 2 aromatic heterocycles. The van der Waals surface area contributed by atoms with Crippen molar-refractivity contribution in [1.82, 2.24) is 20.0 Å². The van der Waals surface area contributed by atoms with Crippen LogP contribution in [0, 0.1) is 10.8 Å². The lowest BCUT2D eigenvalue weighted by Gasteiger charge is -2.44. The lowest BCUT2D eigenvalue weighted by molar-refractivity contribution is 0.148. The molecule has 2 fully saturated rings. The second-order valence-corrected chi connectivity index (χ2v) is 11.0. The number of phenols is 1. The van der Waals surface area contributed by atoms with Crippen LogP contribution in [-0.2, 0) is 5.24 Å². The number of phenolic OH excluding ortho intramolecular Hbond substituents is 1. The van der Waals surface area contributed by atoms with Crippen molar-refractivity contribution in [2.24, 2.45) is 10.8 Å². The molecule has 168 valence electrons. The summed E-state index contributed by atoms with van der Waals surface area (Å²) in [6.07, 6.45) is 9.59. The van der Waals surface area contributed by atoms with Gasteiger partial charge in [0.2, 0.25) is 0 Å². The van der Waals surface area contributed by atoms with Crippen LogP contribution in [0.15, 0.2) is 42.7 Å². The molecule has 1 aromatic carbocycles. The predicted octanol–water partition coefficient (Wildman–Crippen LogP) is 3.58. The molecule has 2 aliphatic carbocycles. The van der Waals surface area contributed by atoms with Crippen LogP contribution in [-0.4, -0.2) is 61.7 Å². The molecule has 2 heterocycles.